The maximum absolute atomic E-state index is 12.7. The molecule has 4 rings (SSSR count). The van der Waals surface area contributed by atoms with Crippen LogP contribution in [0.3, 0.4) is 0 Å². The van der Waals surface area contributed by atoms with Gasteiger partial charge >= 0.3 is 0 Å². The number of hydrogen-bond acceptors (Lipinski definition) is 7. The van der Waals surface area contributed by atoms with Gasteiger partial charge in [-0.25, -0.2) is 15.0 Å². The number of nitrogens with one attached hydrogen (secondary N) is 1. The predicted octanol–water partition coefficient (Wildman–Crippen LogP) is 4.00. The molecule has 1 unspecified atom stereocenters. The van der Waals surface area contributed by atoms with Crippen LogP contribution in [0.4, 0.5) is 5.82 Å². The van der Waals surface area contributed by atoms with Crippen LogP contribution in [0.25, 0.3) is 22.3 Å². The molecular formula is C19H15N5O2S. The van der Waals surface area contributed by atoms with E-state index >= 15 is 0 Å². The zero-order valence-electron chi connectivity index (χ0n) is 14.4. The largest absolute Gasteiger partial charge is 0.461 e. The molecule has 0 bridgehead atoms. The van der Waals surface area contributed by atoms with Gasteiger partial charge in [0.15, 0.2) is 11.6 Å². The molecule has 4 heterocycles. The minimum absolute atomic E-state index is 0.183. The fourth-order valence-corrected chi connectivity index (χ4v) is 3.10. The van der Waals surface area contributed by atoms with E-state index in [1.54, 1.807) is 49.1 Å². The summed E-state index contributed by atoms with van der Waals surface area (Å²) in [4.78, 5) is 30.0. The van der Waals surface area contributed by atoms with Crippen LogP contribution in [0.15, 0.2) is 65.0 Å². The van der Waals surface area contributed by atoms with Crippen molar-refractivity contribution in [3.63, 3.8) is 0 Å². The highest BCUT2D eigenvalue weighted by Gasteiger charge is 2.18. The molecule has 0 fully saturated rings. The molecule has 7 nitrogen and oxygen atoms in total. The third-order valence-electron chi connectivity index (χ3n) is 3.95. The molecule has 0 saturated carbocycles. The average Bonchev–Trinajstić information content (AvgIpc) is 3.41. The van der Waals surface area contributed by atoms with Crippen molar-refractivity contribution < 1.29 is 9.21 Å². The maximum Gasteiger partial charge on any atom is 0.232 e. The Bertz CT molecular complexity index is 981. The van der Waals surface area contributed by atoms with Gasteiger partial charge in [-0.2, -0.15) is 0 Å². The van der Waals surface area contributed by atoms with E-state index in [-0.39, 0.29) is 11.8 Å². The van der Waals surface area contributed by atoms with E-state index in [0.717, 1.165) is 10.6 Å². The molecular weight excluding hydrogens is 362 g/mol. The van der Waals surface area contributed by atoms with Gasteiger partial charge in [0.25, 0.3) is 0 Å². The van der Waals surface area contributed by atoms with E-state index in [1.807, 2.05) is 18.4 Å². The fourth-order valence-electron chi connectivity index (χ4n) is 2.50. The van der Waals surface area contributed by atoms with Crippen LogP contribution in [0.1, 0.15) is 18.4 Å². The zero-order valence-corrected chi connectivity index (χ0v) is 15.2. The number of thiazole rings is 1. The summed E-state index contributed by atoms with van der Waals surface area (Å²) in [6, 6.07) is 8.91. The van der Waals surface area contributed by atoms with Crippen molar-refractivity contribution in [3.05, 3.63) is 66.1 Å². The Morgan fingerprint density at radius 1 is 1.22 bits per heavy atom. The quantitative estimate of drug-likeness (QED) is 0.565. The van der Waals surface area contributed by atoms with Gasteiger partial charge in [0, 0.05) is 30.0 Å². The van der Waals surface area contributed by atoms with E-state index in [0.29, 0.717) is 23.1 Å². The van der Waals surface area contributed by atoms with Crippen LogP contribution in [0.2, 0.25) is 0 Å². The normalized spacial score (nSPS) is 11.9. The molecule has 134 valence electrons. The Hall–Kier alpha value is -3.39. The minimum Gasteiger partial charge on any atom is -0.461 e. The number of rotatable bonds is 5. The number of nitrogens with zero attached hydrogens (tertiary/aromatic N) is 4. The Labute approximate surface area is 159 Å². The highest BCUT2D eigenvalue weighted by Crippen LogP contribution is 2.26. The molecule has 1 atom stereocenters. The van der Waals surface area contributed by atoms with Crippen molar-refractivity contribution in [2.24, 2.45) is 0 Å². The van der Waals surface area contributed by atoms with Crippen molar-refractivity contribution >= 4 is 23.1 Å². The molecule has 4 aromatic rings. The van der Waals surface area contributed by atoms with E-state index in [9.17, 15) is 4.79 Å². The molecule has 27 heavy (non-hydrogen) atoms. The van der Waals surface area contributed by atoms with Gasteiger partial charge in [0.05, 0.1) is 12.2 Å². The predicted molar refractivity (Wildman–Crippen MR) is 102 cm³/mol. The lowest BCUT2D eigenvalue weighted by Crippen LogP contribution is -2.20. The second kappa shape index (κ2) is 7.46. The molecule has 0 aliphatic heterocycles. The molecule has 0 aliphatic carbocycles. The van der Waals surface area contributed by atoms with Gasteiger partial charge in [-0.15, -0.1) is 11.3 Å². The van der Waals surface area contributed by atoms with E-state index < -0.39 is 0 Å². The van der Waals surface area contributed by atoms with Crippen molar-refractivity contribution in [1.29, 1.82) is 0 Å². The first-order valence-electron chi connectivity index (χ1n) is 8.24. The van der Waals surface area contributed by atoms with E-state index in [2.05, 4.69) is 25.3 Å². The second-order valence-electron chi connectivity index (χ2n) is 5.77. The first kappa shape index (κ1) is 17.0. The SMILES string of the molecule is CC(C(=O)Nc1cc(-c2nccs2)nc(-c2ccco2)n1)c1cccnc1. The highest BCUT2D eigenvalue weighted by molar-refractivity contribution is 7.13. The summed E-state index contributed by atoms with van der Waals surface area (Å²) in [5.74, 6) is 0.741. The molecule has 1 N–H and O–H groups in total. The standard InChI is InChI=1S/C19H15N5O2S/c1-12(13-4-2-6-20-11-13)18(25)24-16-10-14(19-21-7-9-27-19)22-17(23-16)15-5-3-8-26-15/h2-12H,1H3,(H,22,23,24,25). The second-order valence-corrected chi connectivity index (χ2v) is 6.67. The third kappa shape index (κ3) is 3.75. The fraction of sp³-hybridized carbons (Fsp3) is 0.105. The Morgan fingerprint density at radius 3 is 2.85 bits per heavy atom. The van der Waals surface area contributed by atoms with Crippen LogP contribution in [0, 0.1) is 0 Å². The summed E-state index contributed by atoms with van der Waals surface area (Å²) < 4.78 is 5.41. The maximum atomic E-state index is 12.7. The van der Waals surface area contributed by atoms with Crippen molar-refractivity contribution in [2.75, 3.05) is 5.32 Å². The van der Waals surface area contributed by atoms with Gasteiger partial charge in [0.1, 0.15) is 16.5 Å². The van der Waals surface area contributed by atoms with E-state index in [4.69, 9.17) is 4.42 Å². The van der Waals surface area contributed by atoms with Gasteiger partial charge in [-0.3, -0.25) is 9.78 Å². The van der Waals surface area contributed by atoms with Gasteiger partial charge in [-0.1, -0.05) is 6.07 Å². The van der Waals surface area contributed by atoms with Crippen molar-refractivity contribution in [2.45, 2.75) is 12.8 Å². The smallest absolute Gasteiger partial charge is 0.232 e. The van der Waals surface area contributed by atoms with Gasteiger partial charge in [0.2, 0.25) is 5.91 Å². The third-order valence-corrected chi connectivity index (χ3v) is 4.74. The van der Waals surface area contributed by atoms with Crippen LogP contribution in [-0.4, -0.2) is 25.8 Å². The molecule has 4 aromatic heterocycles. The number of carbonyl (C=O) groups is 1. The topological polar surface area (TPSA) is 93.8 Å². The number of carbonyl (C=O) groups excluding carboxylic acids is 1. The summed E-state index contributed by atoms with van der Waals surface area (Å²) in [5.41, 5.74) is 1.45. The first-order valence-corrected chi connectivity index (χ1v) is 9.12. The number of anilines is 1. The van der Waals surface area contributed by atoms with Crippen LogP contribution in [0.5, 0.6) is 0 Å². The lowest BCUT2D eigenvalue weighted by atomic mass is 10.0. The molecule has 0 aromatic carbocycles. The molecule has 0 saturated heterocycles. The van der Waals surface area contributed by atoms with Crippen LogP contribution in [-0.2, 0) is 4.79 Å². The summed E-state index contributed by atoms with van der Waals surface area (Å²) in [5, 5.41) is 5.47. The summed E-state index contributed by atoms with van der Waals surface area (Å²) in [6.45, 7) is 1.82. The van der Waals surface area contributed by atoms with Crippen molar-refractivity contribution in [1.82, 2.24) is 19.9 Å². The van der Waals surface area contributed by atoms with Crippen LogP contribution < -0.4 is 5.32 Å². The number of amides is 1. The van der Waals surface area contributed by atoms with Crippen LogP contribution >= 0.6 is 11.3 Å². The molecule has 0 radical (unpaired) electrons. The Kier molecular flexibility index (Phi) is 4.71. The number of pyridine rings is 1. The van der Waals surface area contributed by atoms with E-state index in [1.165, 1.54) is 11.3 Å². The summed E-state index contributed by atoms with van der Waals surface area (Å²) in [6.07, 6.45) is 6.61. The summed E-state index contributed by atoms with van der Waals surface area (Å²) >= 11 is 1.46. The Balaban J connectivity index is 1.66. The number of aromatic nitrogens is 4. The minimum atomic E-state index is -0.371. The monoisotopic (exact) mass is 377 g/mol. The highest BCUT2D eigenvalue weighted by atomic mass is 32.1. The lowest BCUT2D eigenvalue weighted by molar-refractivity contribution is -0.117. The number of furan rings is 1. The molecule has 1 amide bonds. The molecule has 0 spiro atoms. The zero-order chi connectivity index (χ0) is 18.6. The number of hydrogen-bond donors (Lipinski definition) is 1. The first-order chi connectivity index (χ1) is 13.2. The average molecular weight is 377 g/mol. The van der Waals surface area contributed by atoms with Crippen molar-refractivity contribution in [3.8, 4) is 22.3 Å². The Morgan fingerprint density at radius 2 is 2.15 bits per heavy atom. The van der Waals surface area contributed by atoms with Gasteiger partial charge < -0.3 is 9.73 Å². The molecule has 0 aliphatic rings. The van der Waals surface area contributed by atoms with Gasteiger partial charge in [-0.05, 0) is 30.7 Å². The summed E-state index contributed by atoms with van der Waals surface area (Å²) in [7, 11) is 0. The lowest BCUT2D eigenvalue weighted by Gasteiger charge is -2.12. The molecule has 8 heteroatoms.